The topological polar surface area (TPSA) is 94.6 Å². The van der Waals surface area contributed by atoms with Crippen molar-refractivity contribution in [2.75, 3.05) is 50.8 Å². The van der Waals surface area contributed by atoms with Crippen molar-refractivity contribution in [3.8, 4) is 17.5 Å². The summed E-state index contributed by atoms with van der Waals surface area (Å²) in [6, 6.07) is 6.24. The number of hydrogen-bond acceptors (Lipinski definition) is 7. The molecule has 0 unspecified atom stereocenters. The molecule has 0 bridgehead atoms. The van der Waals surface area contributed by atoms with Gasteiger partial charge in [0.25, 0.3) is 0 Å². The number of aromatic nitrogens is 1. The van der Waals surface area contributed by atoms with E-state index in [1.165, 1.54) is 0 Å². The van der Waals surface area contributed by atoms with Gasteiger partial charge < -0.3 is 19.4 Å². The standard InChI is InChI=1S/C24H29N5O3/c25-14-20-18-5-1-6-19(18)23(21-7-3-13-32-21)27-24(20)29-10-8-28(9-11-29)16-22(30)26-15-17-4-2-12-31-17/h3,7,13,17H,1-2,4-6,8-12,15-16H2,(H,26,30)/t17-/m0/s1. The number of anilines is 1. The third-order valence-electron chi connectivity index (χ3n) is 6.70. The Bertz CT molecular complexity index is 1000. The maximum absolute atomic E-state index is 12.3. The molecular weight excluding hydrogens is 406 g/mol. The molecule has 0 aromatic carbocycles. The third kappa shape index (κ3) is 4.23. The number of carbonyl (C=O) groups is 1. The van der Waals surface area contributed by atoms with E-state index in [1.54, 1.807) is 6.26 Å². The van der Waals surface area contributed by atoms with Gasteiger partial charge in [-0.05, 0) is 55.4 Å². The zero-order valence-corrected chi connectivity index (χ0v) is 18.3. The average Bonchev–Trinajstić information content (AvgIpc) is 3.60. The van der Waals surface area contributed by atoms with E-state index in [2.05, 4.69) is 21.2 Å². The van der Waals surface area contributed by atoms with Crippen LogP contribution in [-0.4, -0.2) is 67.8 Å². The van der Waals surface area contributed by atoms with Crippen molar-refractivity contribution in [2.24, 2.45) is 0 Å². The Kier molecular flexibility index (Phi) is 6.10. The second-order valence-corrected chi connectivity index (χ2v) is 8.76. The molecule has 0 radical (unpaired) electrons. The highest BCUT2D eigenvalue weighted by Gasteiger charge is 2.29. The van der Waals surface area contributed by atoms with Gasteiger partial charge >= 0.3 is 0 Å². The molecular formula is C24H29N5O3. The first kappa shape index (κ1) is 21.0. The summed E-state index contributed by atoms with van der Waals surface area (Å²) in [7, 11) is 0. The van der Waals surface area contributed by atoms with Crippen LogP contribution >= 0.6 is 0 Å². The number of ether oxygens (including phenoxy) is 1. The quantitative estimate of drug-likeness (QED) is 0.743. The van der Waals surface area contributed by atoms with Gasteiger partial charge in [0.15, 0.2) is 5.76 Å². The van der Waals surface area contributed by atoms with Crippen molar-refractivity contribution in [3.05, 3.63) is 35.1 Å². The van der Waals surface area contributed by atoms with E-state index in [-0.39, 0.29) is 12.0 Å². The number of amides is 1. The Morgan fingerprint density at radius 3 is 2.78 bits per heavy atom. The minimum Gasteiger partial charge on any atom is -0.463 e. The van der Waals surface area contributed by atoms with E-state index in [1.807, 2.05) is 12.1 Å². The zero-order chi connectivity index (χ0) is 21.9. The molecule has 1 aliphatic carbocycles. The van der Waals surface area contributed by atoms with Crippen LogP contribution in [0.15, 0.2) is 22.8 Å². The van der Waals surface area contributed by atoms with E-state index in [9.17, 15) is 10.1 Å². The number of nitriles is 1. The second kappa shape index (κ2) is 9.31. The zero-order valence-electron chi connectivity index (χ0n) is 18.3. The molecule has 4 heterocycles. The maximum Gasteiger partial charge on any atom is 0.234 e. The highest BCUT2D eigenvalue weighted by molar-refractivity contribution is 5.78. The van der Waals surface area contributed by atoms with Gasteiger partial charge in [0.05, 0.1) is 24.5 Å². The number of furan rings is 1. The molecule has 3 aliphatic rings. The summed E-state index contributed by atoms with van der Waals surface area (Å²) in [5, 5.41) is 12.9. The van der Waals surface area contributed by atoms with E-state index >= 15 is 0 Å². The Morgan fingerprint density at radius 2 is 2.06 bits per heavy atom. The normalized spacial score (nSPS) is 20.8. The first-order valence-electron chi connectivity index (χ1n) is 11.6. The van der Waals surface area contributed by atoms with Crippen molar-refractivity contribution in [1.29, 1.82) is 5.26 Å². The van der Waals surface area contributed by atoms with Gasteiger partial charge in [-0.2, -0.15) is 5.26 Å². The minimum absolute atomic E-state index is 0.0439. The number of rotatable bonds is 6. The lowest BCUT2D eigenvalue weighted by Gasteiger charge is -2.35. The fraction of sp³-hybridized carbons (Fsp3) is 0.542. The lowest BCUT2D eigenvalue weighted by atomic mass is 10.0. The van der Waals surface area contributed by atoms with E-state index in [0.29, 0.717) is 18.7 Å². The van der Waals surface area contributed by atoms with Crippen LogP contribution in [0.3, 0.4) is 0 Å². The highest BCUT2D eigenvalue weighted by atomic mass is 16.5. The smallest absolute Gasteiger partial charge is 0.234 e. The summed E-state index contributed by atoms with van der Waals surface area (Å²) >= 11 is 0. The van der Waals surface area contributed by atoms with Gasteiger partial charge in [0.2, 0.25) is 5.91 Å². The van der Waals surface area contributed by atoms with Crippen molar-refractivity contribution in [3.63, 3.8) is 0 Å². The molecule has 2 saturated heterocycles. The molecule has 168 valence electrons. The Labute approximate surface area is 188 Å². The molecule has 1 atom stereocenters. The van der Waals surface area contributed by atoms with Gasteiger partial charge in [-0.3, -0.25) is 9.69 Å². The molecule has 2 aromatic rings. The third-order valence-corrected chi connectivity index (χ3v) is 6.70. The molecule has 1 amide bonds. The van der Waals surface area contributed by atoms with Gasteiger partial charge in [-0.15, -0.1) is 0 Å². The van der Waals surface area contributed by atoms with Gasteiger partial charge in [0, 0.05) is 39.3 Å². The van der Waals surface area contributed by atoms with Crippen molar-refractivity contribution < 1.29 is 13.9 Å². The van der Waals surface area contributed by atoms with Crippen LogP contribution in [-0.2, 0) is 22.4 Å². The van der Waals surface area contributed by atoms with Crippen LogP contribution in [0.4, 0.5) is 5.82 Å². The number of piperazine rings is 1. The number of pyridine rings is 1. The minimum atomic E-state index is 0.0439. The van der Waals surface area contributed by atoms with Crippen LogP contribution < -0.4 is 10.2 Å². The van der Waals surface area contributed by atoms with Crippen LogP contribution in [0, 0.1) is 11.3 Å². The molecule has 2 aliphatic heterocycles. The summed E-state index contributed by atoms with van der Waals surface area (Å²) in [5.41, 5.74) is 3.85. The fourth-order valence-corrected chi connectivity index (χ4v) is 5.02. The van der Waals surface area contributed by atoms with Gasteiger partial charge in [-0.1, -0.05) is 0 Å². The number of hydrogen-bond donors (Lipinski definition) is 1. The van der Waals surface area contributed by atoms with Crippen LogP contribution in [0.25, 0.3) is 11.5 Å². The molecule has 1 N–H and O–H groups in total. The summed E-state index contributed by atoms with van der Waals surface area (Å²) < 4.78 is 11.2. The van der Waals surface area contributed by atoms with Crippen molar-refractivity contribution in [2.45, 2.75) is 38.2 Å². The first-order chi connectivity index (χ1) is 15.7. The fourth-order valence-electron chi connectivity index (χ4n) is 5.02. The lowest BCUT2D eigenvalue weighted by Crippen LogP contribution is -2.50. The first-order valence-corrected chi connectivity index (χ1v) is 11.6. The lowest BCUT2D eigenvalue weighted by molar-refractivity contribution is -0.122. The maximum atomic E-state index is 12.3. The van der Waals surface area contributed by atoms with Gasteiger partial charge in [-0.25, -0.2) is 4.98 Å². The average molecular weight is 436 g/mol. The Morgan fingerprint density at radius 1 is 1.22 bits per heavy atom. The van der Waals surface area contributed by atoms with Crippen LogP contribution in [0.5, 0.6) is 0 Å². The predicted molar refractivity (Wildman–Crippen MR) is 119 cm³/mol. The van der Waals surface area contributed by atoms with Crippen molar-refractivity contribution >= 4 is 11.7 Å². The van der Waals surface area contributed by atoms with Crippen LogP contribution in [0.2, 0.25) is 0 Å². The molecule has 8 nitrogen and oxygen atoms in total. The molecule has 5 rings (SSSR count). The monoisotopic (exact) mass is 435 g/mol. The Balaban J connectivity index is 1.26. The molecule has 2 aromatic heterocycles. The SMILES string of the molecule is N#Cc1c(N2CCN(CC(=O)NC[C@@H]3CCCO3)CC2)nc(-c2ccco2)c2c1CCC2. The number of nitrogens with one attached hydrogen (secondary N) is 1. The highest BCUT2D eigenvalue weighted by Crippen LogP contribution is 2.37. The van der Waals surface area contributed by atoms with E-state index in [4.69, 9.17) is 14.1 Å². The molecule has 0 spiro atoms. The van der Waals surface area contributed by atoms with Crippen LogP contribution in [0.1, 0.15) is 36.0 Å². The molecule has 2 fully saturated rings. The Hall–Kier alpha value is -2.89. The summed E-state index contributed by atoms with van der Waals surface area (Å²) in [6.45, 7) is 4.76. The number of fused-ring (bicyclic) bond motifs is 1. The number of nitrogens with zero attached hydrogens (tertiary/aromatic N) is 4. The summed E-state index contributed by atoms with van der Waals surface area (Å²) in [4.78, 5) is 21.6. The second-order valence-electron chi connectivity index (χ2n) is 8.76. The van der Waals surface area contributed by atoms with E-state index in [0.717, 1.165) is 93.3 Å². The van der Waals surface area contributed by atoms with Crippen molar-refractivity contribution in [1.82, 2.24) is 15.2 Å². The van der Waals surface area contributed by atoms with E-state index < -0.39 is 0 Å². The molecule has 8 heteroatoms. The van der Waals surface area contributed by atoms with Gasteiger partial charge in [0.1, 0.15) is 17.6 Å². The predicted octanol–water partition coefficient (Wildman–Crippen LogP) is 2.12. The summed E-state index contributed by atoms with van der Waals surface area (Å²) in [6.07, 6.45) is 6.80. The molecule has 32 heavy (non-hydrogen) atoms. The molecule has 0 saturated carbocycles. The largest absolute Gasteiger partial charge is 0.463 e. The summed E-state index contributed by atoms with van der Waals surface area (Å²) in [5.74, 6) is 1.56. The number of carbonyl (C=O) groups excluding carboxylic acids is 1.